The minimum atomic E-state index is -0.181. The Morgan fingerprint density at radius 3 is 2.78 bits per heavy atom. The van der Waals surface area contributed by atoms with Crippen LogP contribution in [0, 0.1) is 0 Å². The highest BCUT2D eigenvalue weighted by atomic mass is 79.9. The molecule has 0 fully saturated rings. The first-order valence-electron chi connectivity index (χ1n) is 6.15. The molecule has 0 saturated heterocycles. The van der Waals surface area contributed by atoms with Crippen molar-refractivity contribution in [3.05, 3.63) is 34.3 Å². The number of ether oxygens (including phenoxy) is 1. The van der Waals surface area contributed by atoms with E-state index < -0.39 is 0 Å². The Labute approximate surface area is 117 Å². The van der Waals surface area contributed by atoms with Gasteiger partial charge >= 0.3 is 5.97 Å². The van der Waals surface area contributed by atoms with Crippen molar-refractivity contribution >= 4 is 21.9 Å². The topological polar surface area (TPSA) is 38.3 Å². The second kappa shape index (κ2) is 7.54. The van der Waals surface area contributed by atoms with E-state index in [2.05, 4.69) is 45.0 Å². The number of benzene rings is 1. The van der Waals surface area contributed by atoms with Gasteiger partial charge in [-0.15, -0.1) is 0 Å². The molecule has 18 heavy (non-hydrogen) atoms. The van der Waals surface area contributed by atoms with Crippen LogP contribution < -0.4 is 5.32 Å². The molecule has 3 nitrogen and oxygen atoms in total. The molecule has 2 unspecified atom stereocenters. The monoisotopic (exact) mass is 313 g/mol. The van der Waals surface area contributed by atoms with E-state index in [1.54, 1.807) is 0 Å². The summed E-state index contributed by atoms with van der Waals surface area (Å²) >= 11 is 3.48. The highest BCUT2D eigenvalue weighted by molar-refractivity contribution is 9.10. The molecule has 0 bridgehead atoms. The molecule has 1 aromatic carbocycles. The van der Waals surface area contributed by atoms with Gasteiger partial charge in [-0.3, -0.25) is 4.79 Å². The Morgan fingerprint density at radius 1 is 1.50 bits per heavy atom. The summed E-state index contributed by atoms with van der Waals surface area (Å²) in [6, 6.07) is 8.58. The van der Waals surface area contributed by atoms with Crippen LogP contribution >= 0.6 is 15.9 Å². The molecule has 0 radical (unpaired) electrons. The third kappa shape index (κ3) is 4.78. The van der Waals surface area contributed by atoms with Gasteiger partial charge in [-0.05, 0) is 31.0 Å². The van der Waals surface area contributed by atoms with Gasteiger partial charge in [0, 0.05) is 16.6 Å². The van der Waals surface area contributed by atoms with Crippen LogP contribution in [0.3, 0.4) is 0 Å². The summed E-state index contributed by atoms with van der Waals surface area (Å²) in [5.41, 5.74) is 1.23. The fourth-order valence-corrected chi connectivity index (χ4v) is 2.33. The van der Waals surface area contributed by atoms with Gasteiger partial charge in [0.2, 0.25) is 0 Å². The van der Waals surface area contributed by atoms with Gasteiger partial charge in [0.05, 0.1) is 13.5 Å². The van der Waals surface area contributed by atoms with Crippen molar-refractivity contribution in [2.24, 2.45) is 0 Å². The minimum absolute atomic E-state index is 0.0985. The molecule has 100 valence electrons. The fourth-order valence-electron chi connectivity index (χ4n) is 1.91. The molecule has 2 atom stereocenters. The van der Waals surface area contributed by atoms with Crippen molar-refractivity contribution in [2.75, 3.05) is 7.11 Å². The van der Waals surface area contributed by atoms with Crippen molar-refractivity contribution in [2.45, 2.75) is 38.8 Å². The lowest BCUT2D eigenvalue weighted by molar-refractivity contribution is -0.141. The maximum absolute atomic E-state index is 11.2. The van der Waals surface area contributed by atoms with Crippen molar-refractivity contribution < 1.29 is 9.53 Å². The van der Waals surface area contributed by atoms with Gasteiger partial charge in [0.1, 0.15) is 0 Å². The number of rotatable bonds is 6. The Hall–Kier alpha value is -0.870. The SMILES string of the molecule is CCC(NC(C)CC(=O)OC)c1cccc(Br)c1. The second-order valence-corrected chi connectivity index (χ2v) is 5.28. The lowest BCUT2D eigenvalue weighted by Gasteiger charge is -2.22. The highest BCUT2D eigenvalue weighted by Gasteiger charge is 2.15. The van der Waals surface area contributed by atoms with Gasteiger partial charge in [0.15, 0.2) is 0 Å². The van der Waals surface area contributed by atoms with Gasteiger partial charge in [-0.2, -0.15) is 0 Å². The average molecular weight is 314 g/mol. The predicted octanol–water partition coefficient (Wildman–Crippen LogP) is 3.44. The van der Waals surface area contributed by atoms with Gasteiger partial charge < -0.3 is 10.1 Å². The average Bonchev–Trinajstić information content (AvgIpc) is 2.35. The van der Waals surface area contributed by atoms with Crippen LogP contribution in [0.25, 0.3) is 0 Å². The molecule has 0 aliphatic rings. The molecule has 1 aromatic rings. The normalized spacial score (nSPS) is 14.0. The van der Waals surface area contributed by atoms with Crippen LogP contribution in [-0.2, 0) is 9.53 Å². The number of esters is 1. The zero-order valence-corrected chi connectivity index (χ0v) is 12.7. The van der Waals surface area contributed by atoms with Crippen LogP contribution in [0.1, 0.15) is 38.3 Å². The van der Waals surface area contributed by atoms with Crippen LogP contribution in [-0.4, -0.2) is 19.1 Å². The predicted molar refractivity (Wildman–Crippen MR) is 76.4 cm³/mol. The highest BCUT2D eigenvalue weighted by Crippen LogP contribution is 2.21. The largest absolute Gasteiger partial charge is 0.469 e. The number of hydrogen-bond acceptors (Lipinski definition) is 3. The molecular formula is C14H20BrNO2. The Bertz CT molecular complexity index is 395. The lowest BCUT2D eigenvalue weighted by atomic mass is 10.0. The Kier molecular flexibility index (Phi) is 6.36. The molecule has 1 rings (SSSR count). The molecule has 0 heterocycles. The number of halogens is 1. The number of nitrogens with one attached hydrogen (secondary N) is 1. The zero-order valence-electron chi connectivity index (χ0n) is 11.1. The van der Waals surface area contributed by atoms with Crippen LogP contribution in [0.5, 0.6) is 0 Å². The first-order chi connectivity index (χ1) is 8.56. The van der Waals surface area contributed by atoms with Crippen molar-refractivity contribution in [1.29, 1.82) is 0 Å². The molecule has 4 heteroatoms. The molecule has 1 N–H and O–H groups in total. The summed E-state index contributed by atoms with van der Waals surface area (Å²) in [6.07, 6.45) is 1.36. The maximum Gasteiger partial charge on any atom is 0.307 e. The summed E-state index contributed by atoms with van der Waals surface area (Å²) in [5.74, 6) is -0.181. The van der Waals surface area contributed by atoms with E-state index in [0.29, 0.717) is 6.42 Å². The summed E-state index contributed by atoms with van der Waals surface area (Å²) in [7, 11) is 1.42. The first-order valence-corrected chi connectivity index (χ1v) is 6.94. The third-order valence-electron chi connectivity index (χ3n) is 2.85. The minimum Gasteiger partial charge on any atom is -0.469 e. The smallest absolute Gasteiger partial charge is 0.307 e. The molecule has 0 spiro atoms. The summed E-state index contributed by atoms with van der Waals surface area (Å²) in [6.45, 7) is 4.13. The summed E-state index contributed by atoms with van der Waals surface area (Å²) in [5, 5.41) is 3.45. The number of hydrogen-bond donors (Lipinski definition) is 1. The molecule has 0 saturated carbocycles. The van der Waals surface area contributed by atoms with Gasteiger partial charge in [-0.25, -0.2) is 0 Å². The number of carbonyl (C=O) groups excluding carboxylic acids is 1. The number of methoxy groups -OCH3 is 1. The molecular weight excluding hydrogens is 294 g/mol. The van der Waals surface area contributed by atoms with E-state index in [1.807, 2.05) is 19.1 Å². The van der Waals surface area contributed by atoms with E-state index >= 15 is 0 Å². The van der Waals surface area contributed by atoms with E-state index in [-0.39, 0.29) is 18.1 Å². The third-order valence-corrected chi connectivity index (χ3v) is 3.34. The standard InChI is InChI=1S/C14H20BrNO2/c1-4-13(11-6-5-7-12(15)9-11)16-10(2)8-14(17)18-3/h5-7,9-10,13,16H,4,8H2,1-3H3. The van der Waals surface area contributed by atoms with E-state index in [0.717, 1.165) is 10.9 Å². The van der Waals surface area contributed by atoms with Gasteiger partial charge in [-0.1, -0.05) is 35.0 Å². The molecule has 0 aliphatic carbocycles. The van der Waals surface area contributed by atoms with Crippen molar-refractivity contribution in [1.82, 2.24) is 5.32 Å². The molecule has 0 aliphatic heterocycles. The number of carbonyl (C=O) groups is 1. The van der Waals surface area contributed by atoms with Crippen molar-refractivity contribution in [3.8, 4) is 0 Å². The van der Waals surface area contributed by atoms with E-state index in [1.165, 1.54) is 12.7 Å². The van der Waals surface area contributed by atoms with Crippen molar-refractivity contribution in [3.63, 3.8) is 0 Å². The van der Waals surface area contributed by atoms with Crippen LogP contribution in [0.15, 0.2) is 28.7 Å². The molecule has 0 amide bonds. The first kappa shape index (κ1) is 15.2. The van der Waals surface area contributed by atoms with Gasteiger partial charge in [0.25, 0.3) is 0 Å². The van der Waals surface area contributed by atoms with E-state index in [9.17, 15) is 4.79 Å². The maximum atomic E-state index is 11.2. The summed E-state index contributed by atoms with van der Waals surface area (Å²) in [4.78, 5) is 11.2. The molecule has 0 aromatic heterocycles. The Morgan fingerprint density at radius 2 is 2.22 bits per heavy atom. The second-order valence-electron chi connectivity index (χ2n) is 4.36. The fraction of sp³-hybridized carbons (Fsp3) is 0.500. The van der Waals surface area contributed by atoms with Crippen LogP contribution in [0.4, 0.5) is 0 Å². The quantitative estimate of drug-likeness (QED) is 0.818. The van der Waals surface area contributed by atoms with E-state index in [4.69, 9.17) is 0 Å². The Balaban J connectivity index is 2.64. The summed E-state index contributed by atoms with van der Waals surface area (Å²) < 4.78 is 5.74. The lowest BCUT2D eigenvalue weighted by Crippen LogP contribution is -2.32. The van der Waals surface area contributed by atoms with Crippen LogP contribution in [0.2, 0.25) is 0 Å². The zero-order chi connectivity index (χ0) is 13.5.